The standard InChI is InChI=1S/C35H28N2SSi/c1-39(2,3)28-16-13-23(14-17-28)24-11-12-25-19-27(22-37-33(25)20-24)26-15-18-32(36-21-26)31-9-6-8-30-29-7-4-5-10-34(29)38-35(30)31/h4-22H,1-3H3. The Kier molecular flexibility index (Phi) is 5.69. The summed E-state index contributed by atoms with van der Waals surface area (Å²) in [6.07, 6.45) is 3.93. The van der Waals surface area contributed by atoms with Crippen LogP contribution in [0.5, 0.6) is 0 Å². The van der Waals surface area contributed by atoms with Crippen LogP contribution in [0.4, 0.5) is 0 Å². The average molecular weight is 537 g/mol. The number of benzene rings is 4. The van der Waals surface area contributed by atoms with Crippen LogP contribution in [-0.2, 0) is 0 Å². The number of nitrogens with zero attached hydrogens (tertiary/aromatic N) is 2. The first-order chi connectivity index (χ1) is 18.9. The van der Waals surface area contributed by atoms with Crippen LogP contribution in [0.1, 0.15) is 0 Å². The molecule has 0 fully saturated rings. The molecule has 2 nitrogen and oxygen atoms in total. The third-order valence-electron chi connectivity index (χ3n) is 7.55. The largest absolute Gasteiger partial charge is 0.256 e. The third kappa shape index (κ3) is 4.36. The van der Waals surface area contributed by atoms with Crippen LogP contribution in [0.25, 0.3) is 64.6 Å². The van der Waals surface area contributed by atoms with Gasteiger partial charge in [0, 0.05) is 54.6 Å². The van der Waals surface area contributed by atoms with E-state index in [0.29, 0.717) is 0 Å². The Morgan fingerprint density at radius 2 is 1.33 bits per heavy atom. The number of hydrogen-bond acceptors (Lipinski definition) is 3. The first-order valence-corrected chi connectivity index (χ1v) is 17.6. The number of rotatable bonds is 4. The lowest BCUT2D eigenvalue weighted by atomic mass is 10.0. The highest BCUT2D eigenvalue weighted by molar-refractivity contribution is 7.26. The molecule has 3 heterocycles. The van der Waals surface area contributed by atoms with Crippen molar-refractivity contribution in [3.63, 3.8) is 0 Å². The van der Waals surface area contributed by atoms with Gasteiger partial charge in [0.05, 0.1) is 19.3 Å². The maximum atomic E-state index is 4.89. The molecule has 0 aliphatic heterocycles. The van der Waals surface area contributed by atoms with Crippen LogP contribution >= 0.6 is 11.3 Å². The molecule has 0 saturated carbocycles. The maximum Gasteiger partial charge on any atom is 0.0775 e. The first kappa shape index (κ1) is 24.0. The van der Waals surface area contributed by atoms with Crippen molar-refractivity contribution >= 4 is 55.7 Å². The molecule has 188 valence electrons. The molecule has 39 heavy (non-hydrogen) atoms. The topological polar surface area (TPSA) is 25.8 Å². The maximum absolute atomic E-state index is 4.89. The Hall–Kier alpha value is -4.12. The van der Waals surface area contributed by atoms with Gasteiger partial charge in [-0.05, 0) is 35.4 Å². The summed E-state index contributed by atoms with van der Waals surface area (Å²) in [7, 11) is -1.30. The molecule has 0 aliphatic carbocycles. The van der Waals surface area contributed by atoms with Crippen molar-refractivity contribution in [3.8, 4) is 33.5 Å². The summed E-state index contributed by atoms with van der Waals surface area (Å²) in [5.74, 6) is 0. The van der Waals surface area contributed by atoms with Crippen LogP contribution in [0.15, 0.2) is 116 Å². The van der Waals surface area contributed by atoms with Crippen LogP contribution in [-0.4, -0.2) is 18.0 Å². The highest BCUT2D eigenvalue weighted by Crippen LogP contribution is 2.39. The van der Waals surface area contributed by atoms with Crippen molar-refractivity contribution in [2.24, 2.45) is 0 Å². The quantitative estimate of drug-likeness (QED) is 0.209. The molecule has 0 aliphatic rings. The van der Waals surface area contributed by atoms with E-state index in [1.54, 1.807) is 0 Å². The summed E-state index contributed by atoms with van der Waals surface area (Å²) in [5.41, 5.74) is 7.77. The second kappa shape index (κ2) is 9.26. The van der Waals surface area contributed by atoms with Crippen LogP contribution < -0.4 is 5.19 Å². The van der Waals surface area contributed by atoms with Crippen molar-refractivity contribution in [1.82, 2.24) is 9.97 Å². The van der Waals surface area contributed by atoms with Gasteiger partial charge in [-0.2, -0.15) is 0 Å². The van der Waals surface area contributed by atoms with E-state index in [-0.39, 0.29) is 0 Å². The van der Waals surface area contributed by atoms with E-state index in [1.807, 2.05) is 23.7 Å². The van der Waals surface area contributed by atoms with E-state index < -0.39 is 8.07 Å². The van der Waals surface area contributed by atoms with Gasteiger partial charge >= 0.3 is 0 Å². The highest BCUT2D eigenvalue weighted by atomic mass is 32.1. The summed E-state index contributed by atoms with van der Waals surface area (Å²) in [6.45, 7) is 7.15. The molecule has 0 amide bonds. The van der Waals surface area contributed by atoms with Gasteiger partial charge in [-0.1, -0.05) is 104 Å². The molecular formula is C35H28N2SSi. The molecule has 0 radical (unpaired) electrons. The fraction of sp³-hybridized carbons (Fsp3) is 0.0857. The lowest BCUT2D eigenvalue weighted by Gasteiger charge is -2.16. The summed E-state index contributed by atoms with van der Waals surface area (Å²) in [5, 5.41) is 5.22. The van der Waals surface area contributed by atoms with Crippen molar-refractivity contribution < 1.29 is 0 Å². The normalized spacial score (nSPS) is 12.0. The predicted molar refractivity (Wildman–Crippen MR) is 172 cm³/mol. The Labute approximate surface area is 233 Å². The summed E-state index contributed by atoms with van der Waals surface area (Å²) >= 11 is 1.84. The SMILES string of the molecule is C[Si](C)(C)c1ccc(-c2ccc3cc(-c4ccc(-c5cccc6c5sc5ccccc56)nc4)cnc3c2)cc1. The van der Waals surface area contributed by atoms with E-state index in [2.05, 4.69) is 123 Å². The Morgan fingerprint density at radius 1 is 0.590 bits per heavy atom. The molecule has 7 aromatic rings. The van der Waals surface area contributed by atoms with Gasteiger partial charge in [-0.25, -0.2) is 0 Å². The minimum Gasteiger partial charge on any atom is -0.256 e. The lowest BCUT2D eigenvalue weighted by molar-refractivity contribution is 1.32. The van der Waals surface area contributed by atoms with Gasteiger partial charge in [0.25, 0.3) is 0 Å². The fourth-order valence-electron chi connectivity index (χ4n) is 5.29. The minimum absolute atomic E-state index is 0.995. The number of pyridine rings is 2. The monoisotopic (exact) mass is 536 g/mol. The second-order valence-electron chi connectivity index (χ2n) is 11.2. The fourth-order valence-corrected chi connectivity index (χ4v) is 7.69. The van der Waals surface area contributed by atoms with Gasteiger partial charge in [-0.15, -0.1) is 11.3 Å². The van der Waals surface area contributed by atoms with E-state index >= 15 is 0 Å². The van der Waals surface area contributed by atoms with Crippen molar-refractivity contribution in [2.45, 2.75) is 19.6 Å². The van der Waals surface area contributed by atoms with E-state index in [9.17, 15) is 0 Å². The average Bonchev–Trinajstić information content (AvgIpc) is 3.35. The van der Waals surface area contributed by atoms with Crippen LogP contribution in [0, 0.1) is 0 Å². The summed E-state index contributed by atoms with van der Waals surface area (Å²) in [6, 6.07) is 37.3. The van der Waals surface area contributed by atoms with Gasteiger partial charge < -0.3 is 0 Å². The van der Waals surface area contributed by atoms with Crippen molar-refractivity contribution in [2.75, 3.05) is 0 Å². The Balaban J connectivity index is 1.19. The Bertz CT molecular complexity index is 1980. The number of thiophene rings is 1. The van der Waals surface area contributed by atoms with E-state index in [4.69, 9.17) is 9.97 Å². The molecule has 4 aromatic carbocycles. The summed E-state index contributed by atoms with van der Waals surface area (Å²) < 4.78 is 2.60. The number of aromatic nitrogens is 2. The highest BCUT2D eigenvalue weighted by Gasteiger charge is 2.16. The number of hydrogen-bond donors (Lipinski definition) is 0. The number of fused-ring (bicyclic) bond motifs is 4. The smallest absolute Gasteiger partial charge is 0.0775 e. The van der Waals surface area contributed by atoms with E-state index in [1.165, 1.54) is 42.0 Å². The lowest BCUT2D eigenvalue weighted by Crippen LogP contribution is -2.37. The van der Waals surface area contributed by atoms with Crippen molar-refractivity contribution in [3.05, 3.63) is 116 Å². The molecule has 3 aromatic heterocycles. The Morgan fingerprint density at radius 3 is 2.13 bits per heavy atom. The molecular weight excluding hydrogens is 509 g/mol. The van der Waals surface area contributed by atoms with Gasteiger partial charge in [0.2, 0.25) is 0 Å². The minimum atomic E-state index is -1.30. The van der Waals surface area contributed by atoms with Crippen LogP contribution in [0.3, 0.4) is 0 Å². The molecule has 0 atom stereocenters. The van der Waals surface area contributed by atoms with Gasteiger partial charge in [0.15, 0.2) is 0 Å². The molecule has 0 N–H and O–H groups in total. The first-order valence-electron chi connectivity index (χ1n) is 13.3. The summed E-state index contributed by atoms with van der Waals surface area (Å²) in [4.78, 5) is 9.71. The molecule has 0 unspecified atom stereocenters. The third-order valence-corrected chi connectivity index (χ3v) is 10.8. The van der Waals surface area contributed by atoms with Gasteiger partial charge in [0.1, 0.15) is 0 Å². The molecule has 0 saturated heterocycles. The van der Waals surface area contributed by atoms with Crippen molar-refractivity contribution in [1.29, 1.82) is 0 Å². The van der Waals surface area contributed by atoms with E-state index in [0.717, 1.165) is 27.7 Å². The molecule has 7 rings (SSSR count). The molecule has 4 heteroatoms. The molecule has 0 spiro atoms. The zero-order valence-corrected chi connectivity index (χ0v) is 24.1. The zero-order valence-electron chi connectivity index (χ0n) is 22.3. The second-order valence-corrected chi connectivity index (χ2v) is 17.3. The van der Waals surface area contributed by atoms with Crippen LogP contribution in [0.2, 0.25) is 19.6 Å². The molecule has 0 bridgehead atoms. The zero-order chi connectivity index (χ0) is 26.6. The predicted octanol–water partition coefficient (Wildman–Crippen LogP) is 9.54. The van der Waals surface area contributed by atoms with Gasteiger partial charge in [-0.3, -0.25) is 9.97 Å².